The molecule has 18 heavy (non-hydrogen) atoms. The van der Waals surface area contributed by atoms with Gasteiger partial charge in [-0.05, 0) is 32.6 Å². The zero-order chi connectivity index (χ0) is 13.3. The Morgan fingerprint density at radius 3 is 2.50 bits per heavy atom. The van der Waals surface area contributed by atoms with E-state index in [1.165, 1.54) is 12.8 Å². The first-order chi connectivity index (χ1) is 8.40. The molecule has 1 aliphatic rings. The van der Waals surface area contributed by atoms with Crippen molar-refractivity contribution >= 4 is 21.4 Å². The SMILES string of the molecule is Cc1[nH]c(=O)sc1S(=O)(=O)NC(C)C1CCCC1. The molecule has 0 spiro atoms. The molecule has 0 saturated heterocycles. The fraction of sp³-hybridized carbons (Fsp3) is 0.727. The molecule has 1 aromatic heterocycles. The van der Waals surface area contributed by atoms with Crippen LogP contribution in [0.4, 0.5) is 0 Å². The summed E-state index contributed by atoms with van der Waals surface area (Å²) in [4.78, 5) is 13.3. The highest BCUT2D eigenvalue weighted by molar-refractivity contribution is 7.91. The highest BCUT2D eigenvalue weighted by Crippen LogP contribution is 2.28. The Labute approximate surface area is 111 Å². The van der Waals surface area contributed by atoms with E-state index >= 15 is 0 Å². The van der Waals surface area contributed by atoms with E-state index in [9.17, 15) is 13.2 Å². The summed E-state index contributed by atoms with van der Waals surface area (Å²) in [6.45, 7) is 3.50. The number of hydrogen-bond acceptors (Lipinski definition) is 4. The molecule has 1 unspecified atom stereocenters. The molecule has 102 valence electrons. The summed E-state index contributed by atoms with van der Waals surface area (Å²) in [6.07, 6.45) is 4.50. The first-order valence-corrected chi connectivity index (χ1v) is 8.42. The molecule has 1 atom stereocenters. The summed E-state index contributed by atoms with van der Waals surface area (Å²) in [5.74, 6) is 0.413. The van der Waals surface area contributed by atoms with Crippen molar-refractivity contribution in [2.24, 2.45) is 5.92 Å². The fourth-order valence-electron chi connectivity index (χ4n) is 2.50. The zero-order valence-electron chi connectivity index (χ0n) is 10.5. The third kappa shape index (κ3) is 2.84. The molecule has 5 nitrogen and oxygen atoms in total. The van der Waals surface area contributed by atoms with E-state index < -0.39 is 10.0 Å². The lowest BCUT2D eigenvalue weighted by Crippen LogP contribution is -2.37. The molecule has 0 amide bonds. The van der Waals surface area contributed by atoms with Crippen molar-refractivity contribution in [2.75, 3.05) is 0 Å². The van der Waals surface area contributed by atoms with Crippen LogP contribution in [0.25, 0.3) is 0 Å². The number of hydrogen-bond donors (Lipinski definition) is 2. The average Bonchev–Trinajstić information content (AvgIpc) is 2.86. The van der Waals surface area contributed by atoms with Gasteiger partial charge in [0.05, 0.1) is 0 Å². The highest BCUT2D eigenvalue weighted by Gasteiger charge is 2.28. The minimum Gasteiger partial charge on any atom is -0.315 e. The molecule has 0 radical (unpaired) electrons. The molecule has 1 fully saturated rings. The number of aryl methyl sites for hydroxylation is 1. The van der Waals surface area contributed by atoms with Gasteiger partial charge in [-0.25, -0.2) is 13.1 Å². The lowest BCUT2D eigenvalue weighted by molar-refractivity contribution is 0.424. The largest absolute Gasteiger partial charge is 0.315 e. The normalized spacial score (nSPS) is 19.2. The molecule has 1 aromatic rings. The molecule has 0 aromatic carbocycles. The fourth-order valence-corrected chi connectivity index (χ4v) is 5.13. The van der Waals surface area contributed by atoms with E-state index in [0.717, 1.165) is 24.2 Å². The smallest absolute Gasteiger partial charge is 0.305 e. The van der Waals surface area contributed by atoms with Gasteiger partial charge in [-0.15, -0.1) is 0 Å². The van der Waals surface area contributed by atoms with Crippen molar-refractivity contribution in [1.29, 1.82) is 0 Å². The first kappa shape index (κ1) is 13.8. The number of nitrogens with one attached hydrogen (secondary N) is 2. The molecule has 1 aliphatic carbocycles. The third-order valence-corrected chi connectivity index (χ3v) is 6.64. The van der Waals surface area contributed by atoms with Gasteiger partial charge >= 0.3 is 4.87 Å². The molecule has 2 rings (SSSR count). The Bertz CT molecular complexity index is 567. The number of aromatic amines is 1. The predicted octanol–water partition coefficient (Wildman–Crippen LogP) is 1.60. The van der Waals surface area contributed by atoms with E-state index in [2.05, 4.69) is 9.71 Å². The Balaban J connectivity index is 2.16. The van der Waals surface area contributed by atoms with Crippen LogP contribution in [0.5, 0.6) is 0 Å². The standard InChI is InChI=1S/C11H18N2O3S2/c1-7(9-5-3-4-6-9)13-18(15,16)10-8(2)12-11(14)17-10/h7,9,13H,3-6H2,1-2H3,(H,12,14). The second-order valence-electron chi connectivity index (χ2n) is 4.88. The summed E-state index contributed by atoms with van der Waals surface area (Å²) in [5, 5.41) is 0. The van der Waals surface area contributed by atoms with Gasteiger partial charge in [-0.2, -0.15) is 0 Å². The van der Waals surface area contributed by atoms with Gasteiger partial charge in [0.15, 0.2) is 4.21 Å². The number of H-pyrrole nitrogens is 1. The summed E-state index contributed by atoms with van der Waals surface area (Å²) < 4.78 is 27.1. The first-order valence-electron chi connectivity index (χ1n) is 6.12. The van der Waals surface area contributed by atoms with Crippen LogP contribution >= 0.6 is 11.3 Å². The Morgan fingerprint density at radius 2 is 2.00 bits per heavy atom. The van der Waals surface area contributed by atoms with Gasteiger partial charge in [-0.1, -0.05) is 24.2 Å². The molecular formula is C11H18N2O3S2. The Kier molecular flexibility index (Phi) is 3.93. The maximum Gasteiger partial charge on any atom is 0.305 e. The number of rotatable bonds is 4. The van der Waals surface area contributed by atoms with Crippen LogP contribution in [-0.2, 0) is 10.0 Å². The highest BCUT2D eigenvalue weighted by atomic mass is 32.2. The van der Waals surface area contributed by atoms with E-state index in [1.807, 2.05) is 6.92 Å². The van der Waals surface area contributed by atoms with Crippen LogP contribution in [0.2, 0.25) is 0 Å². The predicted molar refractivity (Wildman–Crippen MR) is 71.4 cm³/mol. The van der Waals surface area contributed by atoms with Gasteiger partial charge in [0, 0.05) is 11.7 Å². The van der Waals surface area contributed by atoms with E-state index in [0.29, 0.717) is 11.6 Å². The Morgan fingerprint density at radius 1 is 1.39 bits per heavy atom. The minimum absolute atomic E-state index is 0.0749. The number of aromatic nitrogens is 1. The van der Waals surface area contributed by atoms with Crippen LogP contribution in [0.3, 0.4) is 0 Å². The maximum absolute atomic E-state index is 12.2. The van der Waals surface area contributed by atoms with Crippen molar-refractivity contribution in [3.05, 3.63) is 15.4 Å². The van der Waals surface area contributed by atoms with Crippen LogP contribution in [0, 0.1) is 12.8 Å². The third-order valence-electron chi connectivity index (χ3n) is 3.47. The van der Waals surface area contributed by atoms with E-state index in [1.54, 1.807) is 6.92 Å². The van der Waals surface area contributed by atoms with Crippen molar-refractivity contribution in [3.8, 4) is 0 Å². The quantitative estimate of drug-likeness (QED) is 0.884. The molecule has 1 saturated carbocycles. The van der Waals surface area contributed by atoms with Crippen molar-refractivity contribution in [2.45, 2.75) is 49.8 Å². The topological polar surface area (TPSA) is 79.0 Å². The summed E-state index contributed by atoms with van der Waals surface area (Å²) in [7, 11) is -3.57. The molecule has 7 heteroatoms. The van der Waals surface area contributed by atoms with E-state index in [-0.39, 0.29) is 15.1 Å². The molecule has 2 N–H and O–H groups in total. The monoisotopic (exact) mass is 290 g/mol. The van der Waals surface area contributed by atoms with Crippen LogP contribution in [0.15, 0.2) is 9.00 Å². The maximum atomic E-state index is 12.2. The minimum atomic E-state index is -3.57. The van der Waals surface area contributed by atoms with Gasteiger partial charge in [0.1, 0.15) is 0 Å². The second-order valence-corrected chi connectivity index (χ2v) is 7.77. The van der Waals surface area contributed by atoms with Crippen molar-refractivity contribution in [3.63, 3.8) is 0 Å². The van der Waals surface area contributed by atoms with Crippen molar-refractivity contribution in [1.82, 2.24) is 9.71 Å². The molecular weight excluding hydrogens is 272 g/mol. The molecule has 0 bridgehead atoms. The molecule has 1 heterocycles. The number of sulfonamides is 1. The summed E-state index contributed by atoms with van der Waals surface area (Å²) in [5.41, 5.74) is 0.413. The Hall–Kier alpha value is -0.660. The van der Waals surface area contributed by atoms with Crippen LogP contribution < -0.4 is 9.60 Å². The van der Waals surface area contributed by atoms with Gasteiger partial charge in [-0.3, -0.25) is 4.79 Å². The van der Waals surface area contributed by atoms with Gasteiger partial charge in [0.2, 0.25) is 0 Å². The number of thiazole rings is 1. The lowest BCUT2D eigenvalue weighted by atomic mass is 10.0. The summed E-state index contributed by atoms with van der Waals surface area (Å²) >= 11 is 0.744. The second kappa shape index (κ2) is 5.14. The zero-order valence-corrected chi connectivity index (χ0v) is 12.2. The van der Waals surface area contributed by atoms with Gasteiger partial charge in [0.25, 0.3) is 10.0 Å². The average molecular weight is 290 g/mol. The molecule has 0 aliphatic heterocycles. The van der Waals surface area contributed by atoms with Gasteiger partial charge < -0.3 is 4.98 Å². The van der Waals surface area contributed by atoms with Crippen LogP contribution in [-0.4, -0.2) is 19.4 Å². The van der Waals surface area contributed by atoms with Crippen molar-refractivity contribution < 1.29 is 8.42 Å². The summed E-state index contributed by atoms with van der Waals surface area (Å²) in [6, 6.07) is -0.0749. The van der Waals surface area contributed by atoms with E-state index in [4.69, 9.17) is 0 Å². The van der Waals surface area contributed by atoms with Crippen LogP contribution in [0.1, 0.15) is 38.3 Å². The lowest BCUT2D eigenvalue weighted by Gasteiger charge is -2.19.